The molecule has 1 heterocycles. The van der Waals surface area contributed by atoms with Crippen LogP contribution >= 0.6 is 0 Å². The number of carbonyl (C=O) groups is 1. The van der Waals surface area contributed by atoms with E-state index in [2.05, 4.69) is 10.3 Å². The van der Waals surface area contributed by atoms with E-state index in [4.69, 9.17) is 0 Å². The highest BCUT2D eigenvalue weighted by Crippen LogP contribution is 2.43. The Balaban J connectivity index is 2.36. The predicted molar refractivity (Wildman–Crippen MR) is 37.9 cm³/mol. The fourth-order valence-corrected chi connectivity index (χ4v) is 1.30. The standard InChI is InChI=1S/C7H9N3O/c1-6(11)7(2-3-7)10-5-4-8-9-10/h4-5H,2-3H2,1H3. The molecular weight excluding hydrogens is 142 g/mol. The normalized spacial score (nSPS) is 19.7. The number of hydrogen-bond donors (Lipinski definition) is 0. The summed E-state index contributed by atoms with van der Waals surface area (Å²) < 4.78 is 1.66. The zero-order valence-corrected chi connectivity index (χ0v) is 6.32. The van der Waals surface area contributed by atoms with E-state index in [-0.39, 0.29) is 11.3 Å². The summed E-state index contributed by atoms with van der Waals surface area (Å²) in [6.07, 6.45) is 5.16. The average molecular weight is 151 g/mol. The second-order valence-electron chi connectivity index (χ2n) is 2.94. The van der Waals surface area contributed by atoms with Gasteiger partial charge in [-0.2, -0.15) is 0 Å². The third kappa shape index (κ3) is 0.785. The molecule has 1 saturated carbocycles. The molecule has 0 aromatic carbocycles. The molecule has 0 saturated heterocycles. The van der Waals surface area contributed by atoms with E-state index in [9.17, 15) is 4.79 Å². The van der Waals surface area contributed by atoms with Crippen molar-refractivity contribution in [1.29, 1.82) is 0 Å². The molecule has 0 N–H and O–H groups in total. The first-order valence-corrected chi connectivity index (χ1v) is 3.63. The van der Waals surface area contributed by atoms with Crippen LogP contribution in [0.25, 0.3) is 0 Å². The summed E-state index contributed by atoms with van der Waals surface area (Å²) in [4.78, 5) is 11.1. The number of nitrogens with zero attached hydrogens (tertiary/aromatic N) is 3. The van der Waals surface area contributed by atoms with Gasteiger partial charge in [-0.25, -0.2) is 4.68 Å². The molecule has 1 aromatic rings. The summed E-state index contributed by atoms with van der Waals surface area (Å²) in [5.41, 5.74) is -0.323. The van der Waals surface area contributed by atoms with Crippen LogP contribution in [0.3, 0.4) is 0 Å². The summed E-state index contributed by atoms with van der Waals surface area (Å²) in [6.45, 7) is 1.61. The van der Waals surface area contributed by atoms with Crippen LogP contribution in [0, 0.1) is 0 Å². The second kappa shape index (κ2) is 1.90. The number of carbonyl (C=O) groups excluding carboxylic acids is 1. The first-order valence-electron chi connectivity index (χ1n) is 3.63. The first kappa shape index (κ1) is 6.52. The van der Waals surface area contributed by atoms with E-state index in [0.717, 1.165) is 12.8 Å². The Morgan fingerprint density at radius 2 is 2.36 bits per heavy atom. The summed E-state index contributed by atoms with van der Waals surface area (Å²) in [7, 11) is 0. The van der Waals surface area contributed by atoms with Crippen molar-refractivity contribution in [3.63, 3.8) is 0 Å². The van der Waals surface area contributed by atoms with E-state index in [1.807, 2.05) is 0 Å². The zero-order chi connectivity index (χ0) is 7.90. The summed E-state index contributed by atoms with van der Waals surface area (Å²) >= 11 is 0. The Morgan fingerprint density at radius 3 is 2.73 bits per heavy atom. The molecule has 11 heavy (non-hydrogen) atoms. The van der Waals surface area contributed by atoms with E-state index >= 15 is 0 Å². The van der Waals surface area contributed by atoms with Gasteiger partial charge in [-0.3, -0.25) is 4.79 Å². The average Bonchev–Trinajstić information content (AvgIpc) is 2.61. The number of rotatable bonds is 2. The molecule has 0 atom stereocenters. The van der Waals surface area contributed by atoms with E-state index < -0.39 is 0 Å². The van der Waals surface area contributed by atoms with Crippen LogP contribution in [-0.2, 0) is 10.3 Å². The zero-order valence-electron chi connectivity index (χ0n) is 6.32. The third-order valence-corrected chi connectivity index (χ3v) is 2.24. The van der Waals surface area contributed by atoms with Crippen molar-refractivity contribution in [2.45, 2.75) is 25.3 Å². The molecule has 4 heteroatoms. The van der Waals surface area contributed by atoms with Gasteiger partial charge < -0.3 is 0 Å². The van der Waals surface area contributed by atoms with Crippen LogP contribution in [0.4, 0.5) is 0 Å². The van der Waals surface area contributed by atoms with Crippen LogP contribution < -0.4 is 0 Å². The minimum Gasteiger partial charge on any atom is -0.297 e. The van der Waals surface area contributed by atoms with Crippen molar-refractivity contribution in [2.75, 3.05) is 0 Å². The molecule has 0 unspecified atom stereocenters. The topological polar surface area (TPSA) is 47.8 Å². The van der Waals surface area contributed by atoms with Gasteiger partial charge in [0.25, 0.3) is 0 Å². The Kier molecular flexibility index (Phi) is 1.13. The number of aromatic nitrogens is 3. The molecule has 0 amide bonds. The van der Waals surface area contributed by atoms with Gasteiger partial charge in [0.15, 0.2) is 5.78 Å². The highest BCUT2D eigenvalue weighted by atomic mass is 16.1. The molecule has 1 aliphatic carbocycles. The fraction of sp³-hybridized carbons (Fsp3) is 0.571. The maximum Gasteiger partial charge on any atom is 0.157 e. The van der Waals surface area contributed by atoms with Gasteiger partial charge in [-0.05, 0) is 19.8 Å². The molecular formula is C7H9N3O. The van der Waals surface area contributed by atoms with Gasteiger partial charge in [0.1, 0.15) is 5.54 Å². The molecule has 1 aromatic heterocycles. The summed E-state index contributed by atoms with van der Waals surface area (Å²) in [5, 5.41) is 7.49. The van der Waals surface area contributed by atoms with E-state index in [0.29, 0.717) is 0 Å². The van der Waals surface area contributed by atoms with Gasteiger partial charge in [0.05, 0.1) is 6.20 Å². The van der Waals surface area contributed by atoms with Crippen molar-refractivity contribution < 1.29 is 4.79 Å². The maximum atomic E-state index is 11.1. The van der Waals surface area contributed by atoms with Crippen LogP contribution in [0.15, 0.2) is 12.4 Å². The number of hydrogen-bond acceptors (Lipinski definition) is 3. The van der Waals surface area contributed by atoms with Gasteiger partial charge in [-0.15, -0.1) is 5.10 Å². The third-order valence-electron chi connectivity index (χ3n) is 2.24. The lowest BCUT2D eigenvalue weighted by molar-refractivity contribution is -0.121. The maximum absolute atomic E-state index is 11.1. The Morgan fingerprint density at radius 1 is 1.64 bits per heavy atom. The van der Waals surface area contributed by atoms with Gasteiger partial charge >= 0.3 is 0 Å². The lowest BCUT2D eigenvalue weighted by Crippen LogP contribution is -2.25. The Hall–Kier alpha value is -1.19. The quantitative estimate of drug-likeness (QED) is 0.613. The summed E-state index contributed by atoms with van der Waals surface area (Å²) in [6, 6.07) is 0. The summed E-state index contributed by atoms with van der Waals surface area (Å²) in [5.74, 6) is 0.183. The highest BCUT2D eigenvalue weighted by molar-refractivity contribution is 5.86. The lowest BCUT2D eigenvalue weighted by atomic mass is 10.2. The molecule has 0 bridgehead atoms. The van der Waals surface area contributed by atoms with Crippen molar-refractivity contribution >= 4 is 5.78 Å². The van der Waals surface area contributed by atoms with Crippen LogP contribution in [-0.4, -0.2) is 20.8 Å². The van der Waals surface area contributed by atoms with Gasteiger partial charge in [0, 0.05) is 6.20 Å². The molecule has 2 rings (SSSR count). The second-order valence-corrected chi connectivity index (χ2v) is 2.94. The van der Waals surface area contributed by atoms with Crippen LogP contribution in [0.1, 0.15) is 19.8 Å². The molecule has 1 fully saturated rings. The Labute approximate surface area is 64.2 Å². The molecule has 0 aliphatic heterocycles. The SMILES string of the molecule is CC(=O)C1(n2ccnn2)CC1. The number of ketones is 1. The van der Waals surface area contributed by atoms with Crippen LogP contribution in [0.5, 0.6) is 0 Å². The highest BCUT2D eigenvalue weighted by Gasteiger charge is 2.50. The van der Waals surface area contributed by atoms with Crippen LogP contribution in [0.2, 0.25) is 0 Å². The molecule has 58 valence electrons. The minimum absolute atomic E-state index is 0.183. The lowest BCUT2D eigenvalue weighted by Gasteiger charge is -2.09. The largest absolute Gasteiger partial charge is 0.297 e. The molecule has 0 spiro atoms. The van der Waals surface area contributed by atoms with E-state index in [1.165, 1.54) is 0 Å². The monoisotopic (exact) mass is 151 g/mol. The van der Waals surface area contributed by atoms with Gasteiger partial charge in [0.2, 0.25) is 0 Å². The minimum atomic E-state index is -0.323. The first-order chi connectivity index (χ1) is 5.26. The van der Waals surface area contributed by atoms with Crippen molar-refractivity contribution in [3.05, 3.63) is 12.4 Å². The number of Topliss-reactive ketones (excluding diaryl/α,β-unsaturated/α-hetero) is 1. The molecule has 0 radical (unpaired) electrons. The van der Waals surface area contributed by atoms with Crippen molar-refractivity contribution in [3.8, 4) is 0 Å². The smallest absolute Gasteiger partial charge is 0.157 e. The molecule has 1 aliphatic rings. The molecule has 4 nitrogen and oxygen atoms in total. The fourth-order valence-electron chi connectivity index (χ4n) is 1.30. The van der Waals surface area contributed by atoms with Crippen molar-refractivity contribution in [2.24, 2.45) is 0 Å². The Bertz CT molecular complexity index is 274. The van der Waals surface area contributed by atoms with Crippen molar-refractivity contribution in [1.82, 2.24) is 15.0 Å². The van der Waals surface area contributed by atoms with E-state index in [1.54, 1.807) is 24.0 Å². The van der Waals surface area contributed by atoms with Gasteiger partial charge in [-0.1, -0.05) is 5.21 Å². The predicted octanol–water partition coefficient (Wildman–Crippen LogP) is 0.356.